The maximum atomic E-state index is 12.1. The summed E-state index contributed by atoms with van der Waals surface area (Å²) in [6.07, 6.45) is 10.8. The van der Waals surface area contributed by atoms with Crippen molar-refractivity contribution in [2.45, 2.75) is 25.6 Å². The average Bonchev–Trinajstić information content (AvgIpc) is 3.18. The van der Waals surface area contributed by atoms with Crippen LogP contribution in [-0.2, 0) is 13.1 Å². The number of nitrogens with one attached hydrogen (secondary N) is 1. The van der Waals surface area contributed by atoms with Gasteiger partial charge in [0.05, 0.1) is 17.9 Å². The molecule has 1 N–H and O–H groups in total. The maximum absolute atomic E-state index is 12.1. The number of nitrogens with zero attached hydrogens (tertiary/aromatic N) is 6. The lowest BCUT2D eigenvalue weighted by atomic mass is 10.1. The fourth-order valence-electron chi connectivity index (χ4n) is 3.40. The monoisotopic (exact) mass is 363 g/mol. The molecular weight excluding hydrogens is 342 g/mol. The van der Waals surface area contributed by atoms with Crippen molar-refractivity contribution in [3.63, 3.8) is 0 Å². The van der Waals surface area contributed by atoms with Gasteiger partial charge >= 0.3 is 0 Å². The average molecular weight is 363 g/mol. The number of carbonyl (C=O) groups is 1. The van der Waals surface area contributed by atoms with Crippen LogP contribution in [0.15, 0.2) is 55.4 Å². The van der Waals surface area contributed by atoms with Crippen LogP contribution < -0.4 is 5.32 Å². The van der Waals surface area contributed by atoms with E-state index in [4.69, 9.17) is 0 Å². The molecule has 0 unspecified atom stereocenters. The van der Waals surface area contributed by atoms with Gasteiger partial charge in [0.15, 0.2) is 0 Å². The molecule has 0 bridgehead atoms. The molecule has 0 aliphatic carbocycles. The molecule has 0 radical (unpaired) electrons. The number of amides is 1. The zero-order chi connectivity index (χ0) is 18.5. The lowest BCUT2D eigenvalue weighted by Crippen LogP contribution is -2.39. The number of carbonyl (C=O) groups excluding carboxylic acids is 1. The molecule has 1 amide bonds. The summed E-state index contributed by atoms with van der Waals surface area (Å²) in [5.74, 6) is -0.201. The van der Waals surface area contributed by atoms with E-state index in [1.807, 2.05) is 30.7 Å². The maximum Gasteiger partial charge on any atom is 0.271 e. The lowest BCUT2D eigenvalue weighted by molar-refractivity contribution is 0.0941. The molecule has 1 aliphatic rings. The van der Waals surface area contributed by atoms with E-state index < -0.39 is 0 Å². The van der Waals surface area contributed by atoms with Gasteiger partial charge in [0.1, 0.15) is 5.69 Å². The number of hydrogen-bond acceptors (Lipinski definition) is 6. The third kappa shape index (κ3) is 4.17. The molecule has 0 saturated heterocycles. The van der Waals surface area contributed by atoms with Crippen molar-refractivity contribution in [1.82, 2.24) is 34.9 Å². The minimum absolute atomic E-state index is 0.201. The normalized spacial score (nSPS) is 16.7. The van der Waals surface area contributed by atoms with Crippen molar-refractivity contribution in [3.8, 4) is 0 Å². The minimum Gasteiger partial charge on any atom is -0.351 e. The molecule has 8 nitrogen and oxygen atoms in total. The third-order valence-corrected chi connectivity index (χ3v) is 4.67. The minimum atomic E-state index is -0.201. The van der Waals surface area contributed by atoms with Gasteiger partial charge in [-0.05, 0) is 30.2 Å². The Bertz CT molecular complexity index is 881. The van der Waals surface area contributed by atoms with Crippen molar-refractivity contribution in [2.24, 2.45) is 0 Å². The van der Waals surface area contributed by atoms with Crippen molar-refractivity contribution < 1.29 is 4.79 Å². The van der Waals surface area contributed by atoms with Crippen molar-refractivity contribution in [2.75, 3.05) is 13.1 Å². The molecule has 8 heteroatoms. The third-order valence-electron chi connectivity index (χ3n) is 4.67. The molecule has 4 rings (SSSR count). The summed E-state index contributed by atoms with van der Waals surface area (Å²) in [6.45, 7) is 3.18. The van der Waals surface area contributed by atoms with Crippen LogP contribution in [0.3, 0.4) is 0 Å². The fraction of sp³-hybridized carbons (Fsp3) is 0.316. The summed E-state index contributed by atoms with van der Waals surface area (Å²) in [6, 6.07) is 6.36. The van der Waals surface area contributed by atoms with E-state index in [9.17, 15) is 4.79 Å². The highest BCUT2D eigenvalue weighted by Gasteiger charge is 2.25. The lowest BCUT2D eigenvalue weighted by Gasteiger charge is -2.34. The topological polar surface area (TPSA) is 88.8 Å². The predicted molar refractivity (Wildman–Crippen MR) is 98.6 cm³/mol. The van der Waals surface area contributed by atoms with Gasteiger partial charge in [0.2, 0.25) is 0 Å². The molecular formula is C19H21N7O. The van der Waals surface area contributed by atoms with Crippen LogP contribution in [0.5, 0.6) is 0 Å². The van der Waals surface area contributed by atoms with Gasteiger partial charge in [-0.15, -0.1) is 0 Å². The molecule has 0 fully saturated rings. The summed E-state index contributed by atoms with van der Waals surface area (Å²) in [7, 11) is 0. The van der Waals surface area contributed by atoms with Crippen LogP contribution in [0.1, 0.15) is 34.2 Å². The molecule has 4 heterocycles. The smallest absolute Gasteiger partial charge is 0.271 e. The Labute approximate surface area is 157 Å². The highest BCUT2D eigenvalue weighted by molar-refractivity contribution is 5.91. The number of aromatic nitrogens is 5. The van der Waals surface area contributed by atoms with Gasteiger partial charge in [-0.2, -0.15) is 5.10 Å². The van der Waals surface area contributed by atoms with Crippen LogP contribution in [0.4, 0.5) is 0 Å². The van der Waals surface area contributed by atoms with Crippen LogP contribution >= 0.6 is 0 Å². The van der Waals surface area contributed by atoms with Crippen LogP contribution in [0.25, 0.3) is 0 Å². The van der Waals surface area contributed by atoms with Gasteiger partial charge < -0.3 is 5.32 Å². The van der Waals surface area contributed by atoms with E-state index in [2.05, 4.69) is 41.0 Å². The summed E-state index contributed by atoms with van der Waals surface area (Å²) in [5, 5.41) is 7.41. The van der Waals surface area contributed by atoms with Gasteiger partial charge in [-0.1, -0.05) is 0 Å². The Morgan fingerprint density at radius 2 is 2.00 bits per heavy atom. The first-order valence-corrected chi connectivity index (χ1v) is 8.97. The molecule has 1 atom stereocenters. The Morgan fingerprint density at radius 1 is 1.11 bits per heavy atom. The van der Waals surface area contributed by atoms with Crippen LogP contribution in [-0.4, -0.2) is 48.6 Å². The first-order chi connectivity index (χ1) is 13.3. The second kappa shape index (κ2) is 8.05. The summed E-state index contributed by atoms with van der Waals surface area (Å²) in [5.41, 5.74) is 2.77. The second-order valence-electron chi connectivity index (χ2n) is 6.58. The number of pyridine rings is 1. The number of hydrogen-bond donors (Lipinski definition) is 1. The van der Waals surface area contributed by atoms with E-state index in [1.54, 1.807) is 6.20 Å². The van der Waals surface area contributed by atoms with Gasteiger partial charge in [-0.25, -0.2) is 4.98 Å². The first-order valence-electron chi connectivity index (χ1n) is 8.97. The van der Waals surface area contributed by atoms with Gasteiger partial charge in [-0.3, -0.25) is 24.3 Å². The van der Waals surface area contributed by atoms with Crippen molar-refractivity contribution in [1.29, 1.82) is 0 Å². The van der Waals surface area contributed by atoms with E-state index in [0.717, 1.165) is 26.1 Å². The van der Waals surface area contributed by atoms with E-state index in [0.29, 0.717) is 12.2 Å². The second-order valence-corrected chi connectivity index (χ2v) is 6.58. The molecule has 3 aromatic heterocycles. The Morgan fingerprint density at radius 3 is 2.81 bits per heavy atom. The molecule has 138 valence electrons. The van der Waals surface area contributed by atoms with Crippen molar-refractivity contribution >= 4 is 5.91 Å². The number of rotatable bonds is 6. The Balaban J connectivity index is 1.37. The predicted octanol–water partition coefficient (Wildman–Crippen LogP) is 1.45. The molecule has 3 aromatic rings. The highest BCUT2D eigenvalue weighted by atomic mass is 16.1. The molecule has 1 aliphatic heterocycles. The molecule has 0 saturated carbocycles. The Hall–Kier alpha value is -3.13. The summed E-state index contributed by atoms with van der Waals surface area (Å²) >= 11 is 0. The van der Waals surface area contributed by atoms with Gasteiger partial charge in [0, 0.05) is 57.2 Å². The van der Waals surface area contributed by atoms with E-state index in [1.165, 1.54) is 23.7 Å². The van der Waals surface area contributed by atoms with E-state index in [-0.39, 0.29) is 11.9 Å². The number of fused-ring (bicyclic) bond motifs is 1. The van der Waals surface area contributed by atoms with Crippen LogP contribution in [0, 0.1) is 0 Å². The SMILES string of the molecule is O=C(NCC[C@@H]1CN(Cc2ccncc2)Cc2ccnn21)c1cnccn1. The zero-order valence-corrected chi connectivity index (χ0v) is 14.9. The standard InChI is InChI=1S/C19H21N7O/c27-19(18-11-21-9-10-22-18)23-7-3-16-13-25(12-15-1-5-20-6-2-15)14-17-4-8-24-26(16)17/h1-2,4-6,8-11,16H,3,7,12-14H2,(H,23,27)/t16-/m1/s1. The quantitative estimate of drug-likeness (QED) is 0.713. The van der Waals surface area contributed by atoms with Crippen molar-refractivity contribution in [3.05, 3.63) is 72.3 Å². The van der Waals surface area contributed by atoms with Crippen LogP contribution in [0.2, 0.25) is 0 Å². The Kier molecular flexibility index (Phi) is 5.15. The molecule has 0 spiro atoms. The molecule has 0 aromatic carbocycles. The summed E-state index contributed by atoms with van der Waals surface area (Å²) < 4.78 is 2.08. The largest absolute Gasteiger partial charge is 0.351 e. The van der Waals surface area contributed by atoms with E-state index >= 15 is 0 Å². The van der Waals surface area contributed by atoms with Gasteiger partial charge in [0.25, 0.3) is 5.91 Å². The fourth-order valence-corrected chi connectivity index (χ4v) is 3.40. The summed E-state index contributed by atoms with van der Waals surface area (Å²) in [4.78, 5) is 26.6. The molecule has 27 heavy (non-hydrogen) atoms. The zero-order valence-electron chi connectivity index (χ0n) is 14.9. The highest BCUT2D eigenvalue weighted by Crippen LogP contribution is 2.24. The first kappa shape index (κ1) is 17.3.